The smallest absolute Gasteiger partial charge is 0.277 e. The fourth-order valence-electron chi connectivity index (χ4n) is 2.67. The van der Waals surface area contributed by atoms with Gasteiger partial charge in [-0.15, -0.1) is 0 Å². The molecular formula is C22H18F2N2O2. The van der Waals surface area contributed by atoms with Gasteiger partial charge in [0.05, 0.1) is 11.3 Å². The normalized spacial score (nSPS) is 11.2. The minimum absolute atomic E-state index is 0.0219. The van der Waals surface area contributed by atoms with E-state index in [9.17, 15) is 13.6 Å². The van der Waals surface area contributed by atoms with E-state index in [1.165, 1.54) is 13.0 Å². The number of carbonyl (C=O) groups excluding carboxylic acids is 1. The number of rotatable bonds is 6. The van der Waals surface area contributed by atoms with Gasteiger partial charge < -0.3 is 4.74 Å². The molecule has 0 heterocycles. The van der Waals surface area contributed by atoms with Gasteiger partial charge in [0.1, 0.15) is 17.4 Å². The quantitative estimate of drug-likeness (QED) is 0.504. The predicted octanol–water partition coefficient (Wildman–Crippen LogP) is 4.55. The number of carbonyl (C=O) groups is 1. The van der Waals surface area contributed by atoms with Gasteiger partial charge in [0.15, 0.2) is 6.61 Å². The molecule has 0 aliphatic heterocycles. The Morgan fingerprint density at radius 3 is 2.29 bits per heavy atom. The predicted molar refractivity (Wildman–Crippen MR) is 104 cm³/mol. The number of benzene rings is 3. The van der Waals surface area contributed by atoms with Crippen LogP contribution >= 0.6 is 0 Å². The van der Waals surface area contributed by atoms with Crippen LogP contribution in [0.3, 0.4) is 0 Å². The van der Waals surface area contributed by atoms with E-state index in [2.05, 4.69) is 10.5 Å². The van der Waals surface area contributed by atoms with Crippen molar-refractivity contribution in [2.75, 3.05) is 6.61 Å². The zero-order valence-electron chi connectivity index (χ0n) is 15.2. The molecule has 6 heteroatoms. The minimum atomic E-state index is -0.747. The van der Waals surface area contributed by atoms with Gasteiger partial charge in [0.2, 0.25) is 0 Å². The summed E-state index contributed by atoms with van der Waals surface area (Å²) in [6.45, 7) is 1.12. The Balaban J connectivity index is 1.66. The SMILES string of the molecule is C/C(=N/NC(=O)COc1ccccc1-c1ccccc1)c1c(F)cccc1F. The van der Waals surface area contributed by atoms with Crippen molar-refractivity contribution in [2.45, 2.75) is 6.92 Å². The van der Waals surface area contributed by atoms with Crippen molar-refractivity contribution in [1.29, 1.82) is 0 Å². The Morgan fingerprint density at radius 1 is 0.929 bits per heavy atom. The average Bonchev–Trinajstić information content (AvgIpc) is 2.71. The van der Waals surface area contributed by atoms with Crippen molar-refractivity contribution in [3.8, 4) is 16.9 Å². The Hall–Kier alpha value is -3.54. The van der Waals surface area contributed by atoms with Crippen molar-refractivity contribution in [2.24, 2.45) is 5.10 Å². The summed E-state index contributed by atoms with van der Waals surface area (Å²) in [4.78, 5) is 12.0. The summed E-state index contributed by atoms with van der Waals surface area (Å²) in [6.07, 6.45) is 0. The molecule has 0 radical (unpaired) electrons. The first kappa shape index (κ1) is 19.2. The Morgan fingerprint density at radius 2 is 1.57 bits per heavy atom. The van der Waals surface area contributed by atoms with Gasteiger partial charge in [-0.2, -0.15) is 5.10 Å². The Kier molecular flexibility index (Phi) is 6.11. The molecule has 4 nitrogen and oxygen atoms in total. The van der Waals surface area contributed by atoms with Gasteiger partial charge >= 0.3 is 0 Å². The number of nitrogens with one attached hydrogen (secondary N) is 1. The lowest BCUT2D eigenvalue weighted by atomic mass is 10.1. The lowest BCUT2D eigenvalue weighted by molar-refractivity contribution is -0.123. The van der Waals surface area contributed by atoms with Gasteiger partial charge in [-0.25, -0.2) is 14.2 Å². The van der Waals surface area contributed by atoms with Crippen LogP contribution in [0.5, 0.6) is 5.75 Å². The van der Waals surface area contributed by atoms with E-state index in [0.717, 1.165) is 23.3 Å². The van der Waals surface area contributed by atoms with Crippen LogP contribution in [0.1, 0.15) is 12.5 Å². The Labute approximate surface area is 161 Å². The van der Waals surface area contributed by atoms with E-state index < -0.39 is 17.5 Å². The highest BCUT2D eigenvalue weighted by atomic mass is 19.1. The van der Waals surface area contributed by atoms with Crippen LogP contribution in [-0.2, 0) is 4.79 Å². The van der Waals surface area contributed by atoms with Gasteiger partial charge in [-0.3, -0.25) is 4.79 Å². The van der Waals surface area contributed by atoms with E-state index in [1.807, 2.05) is 48.5 Å². The van der Waals surface area contributed by atoms with Crippen LogP contribution in [-0.4, -0.2) is 18.2 Å². The van der Waals surface area contributed by atoms with Crippen molar-refractivity contribution in [3.63, 3.8) is 0 Å². The second-order valence-corrected chi connectivity index (χ2v) is 5.98. The van der Waals surface area contributed by atoms with Crippen LogP contribution in [0.2, 0.25) is 0 Å². The van der Waals surface area contributed by atoms with Crippen molar-refractivity contribution >= 4 is 11.6 Å². The lowest BCUT2D eigenvalue weighted by Gasteiger charge is -2.11. The summed E-state index contributed by atoms with van der Waals surface area (Å²) >= 11 is 0. The summed E-state index contributed by atoms with van der Waals surface area (Å²) in [5.41, 5.74) is 3.81. The summed E-state index contributed by atoms with van der Waals surface area (Å²) in [7, 11) is 0. The molecule has 3 aromatic rings. The monoisotopic (exact) mass is 380 g/mol. The van der Waals surface area contributed by atoms with E-state index in [-0.39, 0.29) is 17.9 Å². The summed E-state index contributed by atoms with van der Waals surface area (Å²) in [5.74, 6) is -1.49. The van der Waals surface area contributed by atoms with Gasteiger partial charge in [0.25, 0.3) is 5.91 Å². The van der Waals surface area contributed by atoms with Crippen LogP contribution in [0.25, 0.3) is 11.1 Å². The maximum absolute atomic E-state index is 13.7. The van der Waals surface area contributed by atoms with E-state index >= 15 is 0 Å². The second kappa shape index (κ2) is 8.90. The number of ether oxygens (including phenoxy) is 1. The van der Waals surface area contributed by atoms with Gasteiger partial charge in [0, 0.05) is 5.56 Å². The van der Waals surface area contributed by atoms with Crippen molar-refractivity contribution < 1.29 is 18.3 Å². The maximum Gasteiger partial charge on any atom is 0.277 e. The molecule has 0 aliphatic carbocycles. The molecule has 28 heavy (non-hydrogen) atoms. The molecule has 0 aromatic heterocycles. The first-order chi connectivity index (χ1) is 13.6. The number of hydrogen-bond acceptors (Lipinski definition) is 3. The van der Waals surface area contributed by atoms with Gasteiger partial charge in [-0.1, -0.05) is 54.6 Å². The minimum Gasteiger partial charge on any atom is -0.483 e. The zero-order chi connectivity index (χ0) is 19.9. The van der Waals surface area contributed by atoms with E-state index in [0.29, 0.717) is 5.75 Å². The molecular weight excluding hydrogens is 362 g/mol. The average molecular weight is 380 g/mol. The highest BCUT2D eigenvalue weighted by molar-refractivity contribution is 5.99. The van der Waals surface area contributed by atoms with E-state index in [1.54, 1.807) is 6.07 Å². The summed E-state index contributed by atoms with van der Waals surface area (Å²) in [5, 5.41) is 3.77. The molecule has 3 rings (SSSR count). The molecule has 142 valence electrons. The fourth-order valence-corrected chi connectivity index (χ4v) is 2.67. The third-order valence-electron chi connectivity index (χ3n) is 4.00. The molecule has 0 bridgehead atoms. The Bertz CT molecular complexity index is 984. The first-order valence-corrected chi connectivity index (χ1v) is 8.61. The number of nitrogens with zero attached hydrogens (tertiary/aromatic N) is 1. The largest absolute Gasteiger partial charge is 0.483 e. The number of para-hydroxylation sites is 1. The molecule has 0 fully saturated rings. The number of halogens is 2. The molecule has 0 spiro atoms. The van der Waals surface area contributed by atoms with Gasteiger partial charge in [-0.05, 0) is 30.7 Å². The molecule has 0 saturated heterocycles. The van der Waals surface area contributed by atoms with Crippen molar-refractivity contribution in [3.05, 3.63) is 90.0 Å². The van der Waals surface area contributed by atoms with Crippen LogP contribution in [0.4, 0.5) is 8.78 Å². The molecule has 0 aliphatic rings. The highest BCUT2D eigenvalue weighted by Gasteiger charge is 2.12. The molecule has 1 N–H and O–H groups in total. The summed E-state index contributed by atoms with van der Waals surface area (Å²) < 4.78 is 33.1. The highest BCUT2D eigenvalue weighted by Crippen LogP contribution is 2.29. The third kappa shape index (κ3) is 4.59. The first-order valence-electron chi connectivity index (χ1n) is 8.61. The molecule has 0 atom stereocenters. The molecule has 0 saturated carbocycles. The van der Waals surface area contributed by atoms with Crippen LogP contribution in [0.15, 0.2) is 77.9 Å². The topological polar surface area (TPSA) is 50.7 Å². The number of hydrazone groups is 1. The molecule has 0 unspecified atom stereocenters. The fraction of sp³-hybridized carbons (Fsp3) is 0.0909. The third-order valence-corrected chi connectivity index (χ3v) is 4.00. The standard InChI is InChI=1S/C22H18F2N2O2/c1-15(22-18(23)11-7-12-19(22)24)25-26-21(27)14-28-20-13-6-5-10-17(20)16-8-3-2-4-9-16/h2-13H,14H2,1H3,(H,26,27)/b25-15-. The second-order valence-electron chi connectivity index (χ2n) is 5.98. The van der Waals surface area contributed by atoms with Crippen LogP contribution < -0.4 is 10.2 Å². The molecule has 1 amide bonds. The van der Waals surface area contributed by atoms with Crippen molar-refractivity contribution in [1.82, 2.24) is 5.43 Å². The molecule has 3 aromatic carbocycles. The number of amides is 1. The van der Waals surface area contributed by atoms with E-state index in [4.69, 9.17) is 4.74 Å². The van der Waals surface area contributed by atoms with Crippen LogP contribution in [0, 0.1) is 11.6 Å². The number of hydrogen-bond donors (Lipinski definition) is 1. The lowest BCUT2D eigenvalue weighted by Crippen LogP contribution is -2.26. The zero-order valence-corrected chi connectivity index (χ0v) is 15.2. The summed E-state index contributed by atoms with van der Waals surface area (Å²) in [6, 6.07) is 20.5. The maximum atomic E-state index is 13.7.